The number of hydrogen-bond acceptors (Lipinski definition) is 3. The molecule has 1 aromatic heterocycles. The van der Waals surface area contributed by atoms with Crippen LogP contribution in [0.2, 0.25) is 0 Å². The quantitative estimate of drug-likeness (QED) is 0.887. The third-order valence-electron chi connectivity index (χ3n) is 3.27. The third-order valence-corrected chi connectivity index (χ3v) is 3.27. The number of oxazole rings is 1. The van der Waals surface area contributed by atoms with E-state index in [0.29, 0.717) is 25.4 Å². The second kappa shape index (κ2) is 7.31. The van der Waals surface area contributed by atoms with Crippen LogP contribution in [0, 0.1) is 12.3 Å². The second-order valence-corrected chi connectivity index (χ2v) is 6.79. The van der Waals surface area contributed by atoms with E-state index < -0.39 is 0 Å². The molecule has 1 heterocycles. The number of aromatic nitrogens is 1. The molecule has 2 rings (SSSR count). The van der Waals surface area contributed by atoms with E-state index in [-0.39, 0.29) is 11.4 Å². The number of carbonyl (C=O) groups excluding carboxylic acids is 1. The first-order valence-corrected chi connectivity index (χ1v) is 7.88. The van der Waals surface area contributed by atoms with Gasteiger partial charge in [0.1, 0.15) is 11.5 Å². The molecule has 124 valence electrons. The number of nitrogens with one attached hydrogen (secondary N) is 2. The van der Waals surface area contributed by atoms with Crippen molar-refractivity contribution >= 4 is 6.03 Å². The average molecular weight is 315 g/mol. The van der Waals surface area contributed by atoms with Gasteiger partial charge >= 0.3 is 6.03 Å². The van der Waals surface area contributed by atoms with Crippen molar-refractivity contribution in [2.75, 3.05) is 13.1 Å². The number of rotatable bonds is 5. The van der Waals surface area contributed by atoms with Gasteiger partial charge in [0, 0.05) is 32.0 Å². The molecule has 2 N–H and O–H groups in total. The van der Waals surface area contributed by atoms with Gasteiger partial charge in [0.2, 0.25) is 0 Å². The standard InChI is InChI=1S/C18H25N3O2/c1-13-21-16(14-8-6-5-7-9-14)15(23-13)10-11-19-17(22)20-12-18(2,3)4/h5-9H,10-12H2,1-4H3,(H2,19,20,22). The molecule has 0 fully saturated rings. The van der Waals surface area contributed by atoms with Crippen LogP contribution in [-0.4, -0.2) is 24.1 Å². The van der Waals surface area contributed by atoms with Crippen molar-refractivity contribution in [3.05, 3.63) is 42.0 Å². The molecule has 0 saturated heterocycles. The number of aryl methyl sites for hydroxylation is 1. The summed E-state index contributed by atoms with van der Waals surface area (Å²) in [6.07, 6.45) is 0.605. The molecule has 2 amide bonds. The SMILES string of the molecule is Cc1nc(-c2ccccc2)c(CCNC(=O)NCC(C)(C)C)o1. The maximum Gasteiger partial charge on any atom is 0.314 e. The Hall–Kier alpha value is -2.30. The van der Waals surface area contributed by atoms with Crippen LogP contribution in [0.3, 0.4) is 0 Å². The molecule has 0 atom stereocenters. The molecule has 0 saturated carbocycles. The predicted molar refractivity (Wildman–Crippen MR) is 91.2 cm³/mol. The lowest BCUT2D eigenvalue weighted by molar-refractivity contribution is 0.235. The van der Waals surface area contributed by atoms with Crippen molar-refractivity contribution in [1.29, 1.82) is 0 Å². The zero-order valence-corrected chi connectivity index (χ0v) is 14.3. The predicted octanol–water partition coefficient (Wildman–Crippen LogP) is 3.54. The van der Waals surface area contributed by atoms with Gasteiger partial charge in [-0.05, 0) is 5.41 Å². The molecule has 0 unspecified atom stereocenters. The van der Waals surface area contributed by atoms with Crippen LogP contribution in [0.5, 0.6) is 0 Å². The number of carbonyl (C=O) groups is 1. The summed E-state index contributed by atoms with van der Waals surface area (Å²) in [6.45, 7) is 9.21. The minimum atomic E-state index is -0.155. The van der Waals surface area contributed by atoms with Crippen molar-refractivity contribution in [1.82, 2.24) is 15.6 Å². The summed E-state index contributed by atoms with van der Waals surface area (Å²) >= 11 is 0. The molecule has 2 aromatic rings. The first kappa shape index (κ1) is 17.1. The Kier molecular flexibility index (Phi) is 5.42. The maximum atomic E-state index is 11.8. The van der Waals surface area contributed by atoms with Crippen LogP contribution in [0.25, 0.3) is 11.3 Å². The topological polar surface area (TPSA) is 67.2 Å². The molecule has 5 nitrogen and oxygen atoms in total. The maximum absolute atomic E-state index is 11.8. The molecule has 1 aromatic carbocycles. The number of benzene rings is 1. The van der Waals surface area contributed by atoms with E-state index in [2.05, 4.69) is 36.4 Å². The first-order chi connectivity index (χ1) is 10.8. The Labute approximate surface area is 137 Å². The smallest absolute Gasteiger partial charge is 0.314 e. The van der Waals surface area contributed by atoms with E-state index >= 15 is 0 Å². The summed E-state index contributed by atoms with van der Waals surface area (Å²) in [7, 11) is 0. The lowest BCUT2D eigenvalue weighted by atomic mass is 9.97. The largest absolute Gasteiger partial charge is 0.445 e. The summed E-state index contributed by atoms with van der Waals surface area (Å²) in [4.78, 5) is 16.2. The normalized spacial score (nSPS) is 11.3. The van der Waals surface area contributed by atoms with Gasteiger partial charge in [0.25, 0.3) is 0 Å². The van der Waals surface area contributed by atoms with Gasteiger partial charge in [-0.15, -0.1) is 0 Å². The van der Waals surface area contributed by atoms with Crippen molar-refractivity contribution in [2.45, 2.75) is 34.1 Å². The van der Waals surface area contributed by atoms with Gasteiger partial charge in [-0.25, -0.2) is 9.78 Å². The minimum absolute atomic E-state index is 0.0693. The molecule has 0 aliphatic carbocycles. The Morgan fingerprint density at radius 2 is 1.87 bits per heavy atom. The highest BCUT2D eigenvalue weighted by Gasteiger charge is 2.14. The zero-order valence-electron chi connectivity index (χ0n) is 14.3. The lowest BCUT2D eigenvalue weighted by Gasteiger charge is -2.18. The molecule has 0 radical (unpaired) electrons. The van der Waals surface area contributed by atoms with Gasteiger partial charge in [0.15, 0.2) is 5.89 Å². The van der Waals surface area contributed by atoms with E-state index in [1.165, 1.54) is 0 Å². The Morgan fingerprint density at radius 1 is 1.17 bits per heavy atom. The lowest BCUT2D eigenvalue weighted by Crippen LogP contribution is -2.40. The van der Waals surface area contributed by atoms with Crippen molar-refractivity contribution in [2.24, 2.45) is 5.41 Å². The number of urea groups is 1. The highest BCUT2D eigenvalue weighted by Crippen LogP contribution is 2.23. The van der Waals surface area contributed by atoms with Crippen LogP contribution < -0.4 is 10.6 Å². The molecule has 23 heavy (non-hydrogen) atoms. The zero-order chi connectivity index (χ0) is 16.9. The molecule has 0 bridgehead atoms. The van der Waals surface area contributed by atoms with E-state index in [1.807, 2.05) is 37.3 Å². The van der Waals surface area contributed by atoms with E-state index in [1.54, 1.807) is 0 Å². The second-order valence-electron chi connectivity index (χ2n) is 6.79. The fourth-order valence-corrected chi connectivity index (χ4v) is 2.16. The Bertz CT molecular complexity index is 642. The summed E-state index contributed by atoms with van der Waals surface area (Å²) in [5.74, 6) is 1.43. The van der Waals surface area contributed by atoms with Crippen molar-refractivity contribution in [3.8, 4) is 11.3 Å². The molecule has 0 spiro atoms. The molecule has 0 aliphatic rings. The monoisotopic (exact) mass is 315 g/mol. The fourth-order valence-electron chi connectivity index (χ4n) is 2.16. The average Bonchev–Trinajstić information content (AvgIpc) is 2.86. The van der Waals surface area contributed by atoms with E-state index in [0.717, 1.165) is 17.0 Å². The van der Waals surface area contributed by atoms with Crippen LogP contribution in [-0.2, 0) is 6.42 Å². The highest BCUT2D eigenvalue weighted by atomic mass is 16.4. The molecular formula is C18H25N3O2. The third kappa shape index (κ3) is 5.43. The van der Waals surface area contributed by atoms with Gasteiger partial charge < -0.3 is 15.1 Å². The minimum Gasteiger partial charge on any atom is -0.445 e. The van der Waals surface area contributed by atoms with E-state index in [9.17, 15) is 4.79 Å². The fraction of sp³-hybridized carbons (Fsp3) is 0.444. The Balaban J connectivity index is 1.91. The van der Waals surface area contributed by atoms with Gasteiger partial charge in [-0.3, -0.25) is 0 Å². The highest BCUT2D eigenvalue weighted by molar-refractivity contribution is 5.73. The summed E-state index contributed by atoms with van der Waals surface area (Å²) in [5.41, 5.74) is 1.94. The number of nitrogens with zero attached hydrogens (tertiary/aromatic N) is 1. The first-order valence-electron chi connectivity index (χ1n) is 7.88. The van der Waals surface area contributed by atoms with Crippen molar-refractivity contribution in [3.63, 3.8) is 0 Å². The van der Waals surface area contributed by atoms with Crippen LogP contribution in [0.4, 0.5) is 4.79 Å². The number of hydrogen-bond donors (Lipinski definition) is 2. The van der Waals surface area contributed by atoms with Crippen molar-refractivity contribution < 1.29 is 9.21 Å². The van der Waals surface area contributed by atoms with Gasteiger partial charge in [-0.2, -0.15) is 0 Å². The van der Waals surface area contributed by atoms with Crippen LogP contribution in [0.1, 0.15) is 32.4 Å². The molecular weight excluding hydrogens is 290 g/mol. The summed E-state index contributed by atoms with van der Waals surface area (Å²) in [6, 6.07) is 9.77. The molecule has 0 aliphatic heterocycles. The molecule has 5 heteroatoms. The van der Waals surface area contributed by atoms with Gasteiger partial charge in [-0.1, -0.05) is 51.1 Å². The van der Waals surface area contributed by atoms with Gasteiger partial charge in [0.05, 0.1) is 0 Å². The van der Waals surface area contributed by atoms with Crippen LogP contribution >= 0.6 is 0 Å². The Morgan fingerprint density at radius 3 is 2.52 bits per heavy atom. The van der Waals surface area contributed by atoms with Crippen LogP contribution in [0.15, 0.2) is 34.7 Å². The summed E-state index contributed by atoms with van der Waals surface area (Å²) in [5, 5.41) is 5.72. The van der Waals surface area contributed by atoms with E-state index in [4.69, 9.17) is 4.42 Å². The number of amides is 2. The summed E-state index contributed by atoms with van der Waals surface area (Å²) < 4.78 is 5.68.